The Morgan fingerprint density at radius 2 is 2.11 bits per heavy atom. The monoisotopic (exact) mass is 263 g/mol. The maximum absolute atomic E-state index is 11.6. The van der Waals surface area contributed by atoms with E-state index in [0.29, 0.717) is 17.6 Å². The Morgan fingerprint density at radius 1 is 1.37 bits per heavy atom. The lowest BCUT2D eigenvalue weighted by atomic mass is 9.86. The molecule has 0 fully saturated rings. The third-order valence-electron chi connectivity index (χ3n) is 3.42. The standard InChI is InChI=1S/C13H21N5O/c1-5-14-9(4)12(8(2)3)10-6-7-11-15-16-13(19)18(11)17-10/h6-9,12,14H,5H2,1-4H3,(H,16,19). The Labute approximate surface area is 112 Å². The maximum atomic E-state index is 11.6. The van der Waals surface area contributed by atoms with Gasteiger partial charge in [-0.25, -0.2) is 9.89 Å². The van der Waals surface area contributed by atoms with Crippen molar-refractivity contribution in [2.75, 3.05) is 6.54 Å². The molecule has 0 bridgehead atoms. The van der Waals surface area contributed by atoms with Gasteiger partial charge in [-0.15, -0.1) is 0 Å². The van der Waals surface area contributed by atoms with Crippen LogP contribution in [0.15, 0.2) is 16.9 Å². The molecule has 0 spiro atoms. The van der Waals surface area contributed by atoms with Crippen molar-refractivity contribution in [2.45, 2.75) is 39.7 Å². The zero-order valence-corrected chi connectivity index (χ0v) is 11.8. The Morgan fingerprint density at radius 3 is 2.74 bits per heavy atom. The number of hydrogen-bond acceptors (Lipinski definition) is 4. The number of nitrogens with one attached hydrogen (secondary N) is 2. The summed E-state index contributed by atoms with van der Waals surface area (Å²) in [6.45, 7) is 9.49. The van der Waals surface area contributed by atoms with Crippen molar-refractivity contribution < 1.29 is 0 Å². The van der Waals surface area contributed by atoms with Crippen molar-refractivity contribution in [1.82, 2.24) is 25.1 Å². The topological polar surface area (TPSA) is 75.1 Å². The maximum Gasteiger partial charge on any atom is 0.364 e. The molecule has 0 aliphatic heterocycles. The van der Waals surface area contributed by atoms with Crippen LogP contribution in [0.5, 0.6) is 0 Å². The molecule has 2 atom stereocenters. The summed E-state index contributed by atoms with van der Waals surface area (Å²) in [7, 11) is 0. The number of fused-ring (bicyclic) bond motifs is 1. The van der Waals surface area contributed by atoms with Crippen LogP contribution in [0.2, 0.25) is 0 Å². The molecule has 2 heterocycles. The molecule has 2 aromatic heterocycles. The molecule has 0 saturated carbocycles. The van der Waals surface area contributed by atoms with Gasteiger partial charge in [0.15, 0.2) is 5.65 Å². The van der Waals surface area contributed by atoms with E-state index in [4.69, 9.17) is 0 Å². The Hall–Kier alpha value is -1.69. The molecule has 2 N–H and O–H groups in total. The van der Waals surface area contributed by atoms with Crippen molar-refractivity contribution in [1.29, 1.82) is 0 Å². The van der Waals surface area contributed by atoms with E-state index in [1.165, 1.54) is 4.52 Å². The molecular weight excluding hydrogens is 242 g/mol. The van der Waals surface area contributed by atoms with Gasteiger partial charge in [-0.2, -0.15) is 14.7 Å². The predicted octanol–water partition coefficient (Wildman–Crippen LogP) is 1.16. The van der Waals surface area contributed by atoms with E-state index < -0.39 is 0 Å². The van der Waals surface area contributed by atoms with Crippen molar-refractivity contribution in [3.8, 4) is 0 Å². The van der Waals surface area contributed by atoms with Crippen molar-refractivity contribution in [3.05, 3.63) is 28.3 Å². The van der Waals surface area contributed by atoms with E-state index in [0.717, 1.165) is 12.2 Å². The summed E-state index contributed by atoms with van der Waals surface area (Å²) in [6, 6.07) is 4.08. The van der Waals surface area contributed by atoms with Gasteiger partial charge in [0, 0.05) is 12.0 Å². The fraction of sp³-hybridized carbons (Fsp3) is 0.615. The average molecular weight is 263 g/mol. The first-order valence-corrected chi connectivity index (χ1v) is 6.72. The zero-order valence-electron chi connectivity index (χ0n) is 11.8. The Balaban J connectivity index is 2.43. The summed E-state index contributed by atoms with van der Waals surface area (Å²) in [4.78, 5) is 11.6. The zero-order chi connectivity index (χ0) is 14.0. The van der Waals surface area contributed by atoms with Crippen LogP contribution in [0.1, 0.15) is 39.3 Å². The molecule has 0 aliphatic carbocycles. The van der Waals surface area contributed by atoms with Gasteiger partial charge in [0.05, 0.1) is 5.69 Å². The van der Waals surface area contributed by atoms with Crippen molar-refractivity contribution >= 4 is 5.65 Å². The van der Waals surface area contributed by atoms with Gasteiger partial charge in [-0.3, -0.25) is 0 Å². The largest absolute Gasteiger partial charge is 0.364 e. The molecule has 0 saturated heterocycles. The minimum atomic E-state index is -0.296. The molecule has 0 radical (unpaired) electrons. The number of rotatable bonds is 5. The lowest BCUT2D eigenvalue weighted by molar-refractivity contribution is 0.372. The van der Waals surface area contributed by atoms with Crippen molar-refractivity contribution in [3.63, 3.8) is 0 Å². The predicted molar refractivity (Wildman–Crippen MR) is 74.3 cm³/mol. The third-order valence-corrected chi connectivity index (χ3v) is 3.42. The lowest BCUT2D eigenvalue weighted by Crippen LogP contribution is -2.35. The minimum Gasteiger partial charge on any atom is -0.314 e. The van der Waals surface area contributed by atoms with Crippen LogP contribution in [-0.4, -0.2) is 32.4 Å². The quantitative estimate of drug-likeness (QED) is 0.848. The first-order valence-electron chi connectivity index (χ1n) is 6.72. The average Bonchev–Trinajstić information content (AvgIpc) is 2.71. The SMILES string of the molecule is CCNC(C)C(c1ccc2n[nH]c(=O)n2n1)C(C)C. The van der Waals surface area contributed by atoms with Crippen LogP contribution in [0.3, 0.4) is 0 Å². The number of aromatic amines is 1. The van der Waals surface area contributed by atoms with Crippen LogP contribution in [0.4, 0.5) is 0 Å². The molecular formula is C13H21N5O. The van der Waals surface area contributed by atoms with Crippen LogP contribution < -0.4 is 11.0 Å². The molecule has 6 nitrogen and oxygen atoms in total. The van der Waals surface area contributed by atoms with E-state index in [2.05, 4.69) is 48.3 Å². The van der Waals surface area contributed by atoms with E-state index in [1.807, 2.05) is 12.1 Å². The molecule has 0 aliphatic rings. The van der Waals surface area contributed by atoms with Gasteiger partial charge in [0.2, 0.25) is 0 Å². The molecule has 2 aromatic rings. The summed E-state index contributed by atoms with van der Waals surface area (Å²) in [5.41, 5.74) is 1.17. The van der Waals surface area contributed by atoms with E-state index in [9.17, 15) is 4.79 Å². The van der Waals surface area contributed by atoms with Crippen LogP contribution in [0.25, 0.3) is 5.65 Å². The number of hydrogen-bond donors (Lipinski definition) is 2. The van der Waals surface area contributed by atoms with Crippen LogP contribution in [-0.2, 0) is 0 Å². The highest BCUT2D eigenvalue weighted by atomic mass is 16.2. The summed E-state index contributed by atoms with van der Waals surface area (Å²) in [5.74, 6) is 0.688. The number of H-pyrrole nitrogens is 1. The molecule has 6 heteroatoms. The normalized spacial score (nSPS) is 15.0. The van der Waals surface area contributed by atoms with Gasteiger partial charge in [-0.1, -0.05) is 20.8 Å². The van der Waals surface area contributed by atoms with Gasteiger partial charge in [0.1, 0.15) is 0 Å². The van der Waals surface area contributed by atoms with Gasteiger partial charge in [-0.05, 0) is 31.5 Å². The summed E-state index contributed by atoms with van der Waals surface area (Å²) in [5, 5.41) is 14.2. The highest BCUT2D eigenvalue weighted by Crippen LogP contribution is 2.26. The Bertz CT molecular complexity index is 600. The van der Waals surface area contributed by atoms with E-state index >= 15 is 0 Å². The number of aromatic nitrogens is 4. The third kappa shape index (κ3) is 2.68. The smallest absolute Gasteiger partial charge is 0.314 e. The molecule has 0 aromatic carbocycles. The van der Waals surface area contributed by atoms with Crippen LogP contribution >= 0.6 is 0 Å². The minimum absolute atomic E-state index is 0.256. The second-order valence-corrected chi connectivity index (χ2v) is 5.17. The van der Waals surface area contributed by atoms with E-state index in [-0.39, 0.29) is 11.6 Å². The number of likely N-dealkylation sites (N-methyl/N-ethyl adjacent to an activating group) is 1. The van der Waals surface area contributed by atoms with Crippen molar-refractivity contribution in [2.24, 2.45) is 5.92 Å². The summed E-state index contributed by atoms with van der Waals surface area (Å²) < 4.78 is 1.32. The lowest BCUT2D eigenvalue weighted by Gasteiger charge is -2.27. The molecule has 0 amide bonds. The second-order valence-electron chi connectivity index (χ2n) is 5.17. The summed E-state index contributed by atoms with van der Waals surface area (Å²) >= 11 is 0. The highest BCUT2D eigenvalue weighted by Gasteiger charge is 2.24. The second kappa shape index (κ2) is 5.52. The van der Waals surface area contributed by atoms with Gasteiger partial charge < -0.3 is 5.32 Å². The van der Waals surface area contributed by atoms with E-state index in [1.54, 1.807) is 0 Å². The molecule has 2 unspecified atom stereocenters. The highest BCUT2D eigenvalue weighted by molar-refractivity contribution is 5.35. The summed E-state index contributed by atoms with van der Waals surface area (Å²) in [6.07, 6.45) is 0. The number of nitrogens with zero attached hydrogens (tertiary/aromatic N) is 3. The Kier molecular flexibility index (Phi) is 3.99. The van der Waals surface area contributed by atoms with Gasteiger partial charge >= 0.3 is 5.69 Å². The first-order chi connectivity index (χ1) is 9.04. The molecule has 2 rings (SSSR count). The molecule has 19 heavy (non-hydrogen) atoms. The molecule has 104 valence electrons. The van der Waals surface area contributed by atoms with Gasteiger partial charge in [0.25, 0.3) is 0 Å². The first kappa shape index (κ1) is 13.7. The fourth-order valence-electron chi connectivity index (χ4n) is 2.62. The van der Waals surface area contributed by atoms with Crippen LogP contribution in [0, 0.1) is 5.92 Å². The fourth-order valence-corrected chi connectivity index (χ4v) is 2.62.